The Balaban J connectivity index is 2.00. The fourth-order valence-corrected chi connectivity index (χ4v) is 4.31. The lowest BCUT2D eigenvalue weighted by Crippen LogP contribution is -2.38. The molecular weight excluding hydrogens is 430 g/mol. The number of halogens is 3. The quantitative estimate of drug-likeness (QED) is 0.521. The third-order valence-corrected chi connectivity index (χ3v) is 5.71. The van der Waals surface area contributed by atoms with Gasteiger partial charge in [0.2, 0.25) is 5.88 Å². The molecule has 9 heteroatoms. The van der Waals surface area contributed by atoms with Gasteiger partial charge in [0, 0.05) is 18.8 Å². The molecule has 0 N–H and O–H groups in total. The Kier molecular flexibility index (Phi) is 8.03. The van der Waals surface area contributed by atoms with Gasteiger partial charge in [-0.3, -0.25) is 4.90 Å². The first kappa shape index (κ1) is 23.2. The predicted molar refractivity (Wildman–Crippen MR) is 112 cm³/mol. The lowest BCUT2D eigenvalue weighted by Gasteiger charge is -2.35. The van der Waals surface area contributed by atoms with Crippen LogP contribution in [0.3, 0.4) is 0 Å². The number of hydrogen-bond acceptors (Lipinski definition) is 6. The molecule has 2 atom stereocenters. The summed E-state index contributed by atoms with van der Waals surface area (Å²) in [6, 6.07) is 6.63. The molecule has 3 rings (SSSR count). The standard InChI is InChI=1S/C22H25ClF2N2O4/c1-29-18-8-5-9-19(30-2)20(18)17-7-4-3-6-15(13-28)27(17)12-14-10-16(23)21(26-11-14)31-22(24)25/h5,8-11,13,15,17,22H,3-4,6-7,12H2,1-2H3. The van der Waals surface area contributed by atoms with Crippen LogP contribution >= 0.6 is 11.6 Å². The van der Waals surface area contributed by atoms with Crippen molar-refractivity contribution in [3.8, 4) is 17.4 Å². The molecular formula is C22H25ClF2N2O4. The smallest absolute Gasteiger partial charge is 0.388 e. The molecule has 1 aliphatic rings. The number of carbonyl (C=O) groups excluding carboxylic acids is 1. The van der Waals surface area contributed by atoms with Crippen molar-refractivity contribution in [2.45, 2.75) is 50.9 Å². The van der Waals surface area contributed by atoms with Gasteiger partial charge in [0.15, 0.2) is 0 Å². The van der Waals surface area contributed by atoms with Crippen molar-refractivity contribution in [3.63, 3.8) is 0 Å². The highest BCUT2D eigenvalue weighted by atomic mass is 35.5. The number of hydrogen-bond donors (Lipinski definition) is 0. The van der Waals surface area contributed by atoms with Gasteiger partial charge in [-0.1, -0.05) is 30.5 Å². The third kappa shape index (κ3) is 5.43. The Hall–Kier alpha value is -2.45. The van der Waals surface area contributed by atoms with E-state index in [2.05, 4.69) is 14.6 Å². The Labute approximate surface area is 185 Å². The number of rotatable bonds is 8. The molecule has 0 bridgehead atoms. The van der Waals surface area contributed by atoms with E-state index in [-0.39, 0.29) is 23.0 Å². The summed E-state index contributed by atoms with van der Waals surface area (Å²) in [6.07, 6.45) is 5.75. The van der Waals surface area contributed by atoms with Gasteiger partial charge < -0.3 is 19.0 Å². The fourth-order valence-electron chi connectivity index (χ4n) is 4.08. The van der Waals surface area contributed by atoms with Crippen LogP contribution < -0.4 is 14.2 Å². The maximum atomic E-state index is 12.5. The third-order valence-electron chi connectivity index (χ3n) is 5.44. The van der Waals surface area contributed by atoms with Gasteiger partial charge in [-0.25, -0.2) is 4.98 Å². The van der Waals surface area contributed by atoms with E-state index in [1.165, 1.54) is 12.3 Å². The molecule has 0 saturated carbocycles. The second kappa shape index (κ2) is 10.7. The number of nitrogens with zero attached hydrogens (tertiary/aromatic N) is 2. The number of carbonyl (C=O) groups is 1. The Morgan fingerprint density at radius 3 is 2.48 bits per heavy atom. The van der Waals surface area contributed by atoms with Gasteiger partial charge in [-0.05, 0) is 36.6 Å². The van der Waals surface area contributed by atoms with Gasteiger partial charge in [0.05, 0.1) is 25.8 Å². The van der Waals surface area contributed by atoms with Crippen LogP contribution in [0.2, 0.25) is 5.02 Å². The van der Waals surface area contributed by atoms with E-state index >= 15 is 0 Å². The molecule has 1 aromatic carbocycles. The van der Waals surface area contributed by atoms with Crippen molar-refractivity contribution < 1.29 is 27.8 Å². The minimum absolute atomic E-state index is 0.0123. The zero-order chi connectivity index (χ0) is 22.4. The number of aromatic nitrogens is 1. The van der Waals surface area contributed by atoms with E-state index in [0.717, 1.165) is 31.1 Å². The summed E-state index contributed by atoms with van der Waals surface area (Å²) < 4.78 is 40.5. The van der Waals surface area contributed by atoms with Crippen molar-refractivity contribution in [2.24, 2.45) is 0 Å². The molecule has 2 unspecified atom stereocenters. The zero-order valence-electron chi connectivity index (χ0n) is 17.4. The summed E-state index contributed by atoms with van der Waals surface area (Å²) in [5, 5.41) is -0.0123. The van der Waals surface area contributed by atoms with Crippen molar-refractivity contribution in [3.05, 3.63) is 46.6 Å². The van der Waals surface area contributed by atoms with Gasteiger partial charge in [-0.2, -0.15) is 8.78 Å². The summed E-state index contributed by atoms with van der Waals surface area (Å²) in [5.74, 6) is 1.03. The highest BCUT2D eigenvalue weighted by Gasteiger charge is 2.33. The molecule has 0 spiro atoms. The first-order valence-electron chi connectivity index (χ1n) is 9.99. The van der Waals surface area contributed by atoms with Crippen LogP contribution in [0.25, 0.3) is 0 Å². The molecule has 168 valence electrons. The number of ether oxygens (including phenoxy) is 3. The molecule has 0 radical (unpaired) electrons. The number of pyridine rings is 1. The highest BCUT2D eigenvalue weighted by Crippen LogP contribution is 2.43. The maximum Gasteiger partial charge on any atom is 0.388 e. The maximum absolute atomic E-state index is 12.5. The van der Waals surface area contributed by atoms with Crippen molar-refractivity contribution in [1.82, 2.24) is 9.88 Å². The van der Waals surface area contributed by atoms with E-state index < -0.39 is 6.61 Å². The number of benzene rings is 1. The van der Waals surface area contributed by atoms with Crippen molar-refractivity contribution in [1.29, 1.82) is 0 Å². The van der Waals surface area contributed by atoms with E-state index in [1.54, 1.807) is 14.2 Å². The van der Waals surface area contributed by atoms with Crippen LogP contribution in [-0.4, -0.2) is 43.0 Å². The summed E-state index contributed by atoms with van der Waals surface area (Å²) in [7, 11) is 3.20. The second-order valence-electron chi connectivity index (χ2n) is 7.26. The van der Waals surface area contributed by atoms with E-state index in [4.69, 9.17) is 21.1 Å². The molecule has 6 nitrogen and oxygen atoms in total. The molecule has 0 aliphatic carbocycles. The lowest BCUT2D eigenvalue weighted by atomic mass is 9.97. The first-order valence-corrected chi connectivity index (χ1v) is 10.4. The average Bonchev–Trinajstić information content (AvgIpc) is 2.96. The van der Waals surface area contributed by atoms with Gasteiger partial charge >= 0.3 is 6.61 Å². The molecule has 2 aromatic rings. The summed E-state index contributed by atoms with van der Waals surface area (Å²) in [5.41, 5.74) is 1.55. The van der Waals surface area contributed by atoms with E-state index in [1.807, 2.05) is 18.2 Å². The van der Waals surface area contributed by atoms with E-state index in [9.17, 15) is 13.6 Å². The Morgan fingerprint density at radius 1 is 1.23 bits per heavy atom. The predicted octanol–water partition coefficient (Wildman–Crippen LogP) is 5.04. The topological polar surface area (TPSA) is 60.9 Å². The van der Waals surface area contributed by atoms with E-state index in [0.29, 0.717) is 30.0 Å². The van der Waals surface area contributed by atoms with Gasteiger partial charge in [-0.15, -0.1) is 0 Å². The largest absolute Gasteiger partial charge is 0.496 e. The monoisotopic (exact) mass is 454 g/mol. The summed E-state index contributed by atoms with van der Waals surface area (Å²) in [6.45, 7) is -2.67. The first-order chi connectivity index (χ1) is 15.0. The molecule has 31 heavy (non-hydrogen) atoms. The minimum atomic E-state index is -3.01. The van der Waals surface area contributed by atoms with Gasteiger partial charge in [0.25, 0.3) is 0 Å². The number of methoxy groups -OCH3 is 2. The fraction of sp³-hybridized carbons (Fsp3) is 0.455. The lowest BCUT2D eigenvalue weighted by molar-refractivity contribution is -0.113. The van der Waals surface area contributed by atoms with Crippen LogP contribution in [-0.2, 0) is 11.3 Å². The van der Waals surface area contributed by atoms with Crippen molar-refractivity contribution >= 4 is 17.9 Å². The molecule has 1 aliphatic heterocycles. The summed E-state index contributed by atoms with van der Waals surface area (Å²) >= 11 is 6.09. The molecule has 2 heterocycles. The Bertz CT molecular complexity index is 878. The minimum Gasteiger partial charge on any atom is -0.496 e. The van der Waals surface area contributed by atoms with Crippen molar-refractivity contribution in [2.75, 3.05) is 14.2 Å². The van der Waals surface area contributed by atoms with Crippen LogP contribution in [0.4, 0.5) is 8.78 Å². The van der Waals surface area contributed by atoms with Crippen LogP contribution in [0, 0.1) is 0 Å². The van der Waals surface area contributed by atoms with Crippen LogP contribution in [0.15, 0.2) is 30.5 Å². The number of likely N-dealkylation sites (tertiary alicyclic amines) is 1. The average molecular weight is 455 g/mol. The van der Waals surface area contributed by atoms with Crippen LogP contribution in [0.5, 0.6) is 17.4 Å². The molecule has 1 fully saturated rings. The van der Waals surface area contributed by atoms with Crippen LogP contribution in [0.1, 0.15) is 42.9 Å². The van der Waals surface area contributed by atoms with Gasteiger partial charge in [0.1, 0.15) is 22.8 Å². The second-order valence-corrected chi connectivity index (χ2v) is 7.67. The molecule has 0 amide bonds. The SMILES string of the molecule is COc1cccc(OC)c1C1CCCCC(C=O)N1Cc1cnc(OC(F)F)c(Cl)c1. The number of aldehydes is 1. The normalized spacial score (nSPS) is 19.7. The zero-order valence-corrected chi connectivity index (χ0v) is 18.1. The highest BCUT2D eigenvalue weighted by molar-refractivity contribution is 6.31. The molecule has 1 saturated heterocycles. The number of alkyl halides is 2. The molecule has 1 aromatic heterocycles. The Morgan fingerprint density at radius 2 is 1.90 bits per heavy atom. The summed E-state index contributed by atoms with van der Waals surface area (Å²) in [4.78, 5) is 18.0.